The van der Waals surface area contributed by atoms with Crippen molar-refractivity contribution in [2.75, 3.05) is 31.0 Å². The minimum absolute atomic E-state index is 0.551. The third-order valence-corrected chi connectivity index (χ3v) is 5.52. The molecule has 1 aliphatic rings. The van der Waals surface area contributed by atoms with Crippen LogP contribution in [0.4, 0.5) is 11.8 Å². The Balaban J connectivity index is 1.42. The molecule has 0 fully saturated rings. The van der Waals surface area contributed by atoms with Gasteiger partial charge in [0.2, 0.25) is 5.95 Å². The zero-order valence-electron chi connectivity index (χ0n) is 17.6. The molecule has 0 spiro atoms. The minimum Gasteiger partial charge on any atom is -0.493 e. The van der Waals surface area contributed by atoms with E-state index in [1.54, 1.807) is 14.2 Å². The standard InChI is InChI=1S/C23H24N6O2/c1-30-18-9-8-16(12-19(18)31-2)13-24-23-25-21-20-17(27-28-21)10-11-29(22(20)26-23)14-15-6-4-3-5-7-15/h3-9,12H,10-11,13-14H2,1-2H3,(H2,24,25,26,27,28). The molecular weight excluding hydrogens is 392 g/mol. The predicted molar refractivity (Wildman–Crippen MR) is 120 cm³/mol. The van der Waals surface area contributed by atoms with Crippen LogP contribution >= 0.6 is 0 Å². The molecule has 0 amide bonds. The monoisotopic (exact) mass is 416 g/mol. The van der Waals surface area contributed by atoms with Gasteiger partial charge in [-0.15, -0.1) is 0 Å². The van der Waals surface area contributed by atoms with Gasteiger partial charge < -0.3 is 19.7 Å². The molecule has 0 unspecified atom stereocenters. The highest BCUT2D eigenvalue weighted by atomic mass is 16.5. The van der Waals surface area contributed by atoms with Gasteiger partial charge in [-0.2, -0.15) is 15.1 Å². The van der Waals surface area contributed by atoms with E-state index in [-0.39, 0.29) is 0 Å². The van der Waals surface area contributed by atoms with Gasteiger partial charge >= 0.3 is 0 Å². The Labute approximate surface area is 180 Å². The van der Waals surface area contributed by atoms with Crippen molar-refractivity contribution >= 4 is 22.8 Å². The number of anilines is 2. The van der Waals surface area contributed by atoms with Crippen molar-refractivity contribution < 1.29 is 9.47 Å². The first kappa shape index (κ1) is 19.2. The van der Waals surface area contributed by atoms with E-state index in [2.05, 4.69) is 49.7 Å². The van der Waals surface area contributed by atoms with Gasteiger partial charge in [0.1, 0.15) is 5.82 Å². The Kier molecular flexibility index (Phi) is 5.03. The molecule has 2 aromatic carbocycles. The van der Waals surface area contributed by atoms with Crippen molar-refractivity contribution in [3.8, 4) is 11.5 Å². The van der Waals surface area contributed by atoms with Crippen LogP contribution in [0, 0.1) is 0 Å². The van der Waals surface area contributed by atoms with Crippen LogP contribution in [0.15, 0.2) is 48.5 Å². The number of hydrogen-bond acceptors (Lipinski definition) is 7. The number of hydrogen-bond donors (Lipinski definition) is 2. The van der Waals surface area contributed by atoms with Crippen LogP contribution in [0.3, 0.4) is 0 Å². The first-order valence-corrected chi connectivity index (χ1v) is 10.2. The van der Waals surface area contributed by atoms with Crippen molar-refractivity contribution in [3.63, 3.8) is 0 Å². The van der Waals surface area contributed by atoms with Crippen molar-refractivity contribution in [2.45, 2.75) is 19.5 Å². The lowest BCUT2D eigenvalue weighted by Gasteiger charge is -2.28. The highest BCUT2D eigenvalue weighted by Crippen LogP contribution is 2.33. The Hall–Kier alpha value is -3.81. The lowest BCUT2D eigenvalue weighted by atomic mass is 10.1. The van der Waals surface area contributed by atoms with Crippen LogP contribution in [-0.2, 0) is 19.5 Å². The van der Waals surface area contributed by atoms with E-state index in [9.17, 15) is 0 Å². The fourth-order valence-electron chi connectivity index (χ4n) is 3.94. The molecule has 0 saturated heterocycles. The van der Waals surface area contributed by atoms with E-state index in [0.717, 1.165) is 42.0 Å². The highest BCUT2D eigenvalue weighted by Gasteiger charge is 2.24. The van der Waals surface area contributed by atoms with Crippen molar-refractivity contribution in [1.82, 2.24) is 20.2 Å². The second-order valence-electron chi connectivity index (χ2n) is 7.47. The van der Waals surface area contributed by atoms with Crippen LogP contribution in [0.5, 0.6) is 11.5 Å². The highest BCUT2D eigenvalue weighted by molar-refractivity contribution is 5.91. The molecule has 0 radical (unpaired) electrons. The van der Waals surface area contributed by atoms with Gasteiger partial charge in [-0.05, 0) is 23.3 Å². The summed E-state index contributed by atoms with van der Waals surface area (Å²) in [5.74, 6) is 2.86. The zero-order chi connectivity index (χ0) is 21.2. The van der Waals surface area contributed by atoms with Crippen molar-refractivity contribution in [2.24, 2.45) is 0 Å². The maximum absolute atomic E-state index is 5.40. The number of rotatable bonds is 7. The van der Waals surface area contributed by atoms with Crippen molar-refractivity contribution in [3.05, 3.63) is 65.4 Å². The largest absolute Gasteiger partial charge is 0.493 e. The summed E-state index contributed by atoms with van der Waals surface area (Å²) in [4.78, 5) is 11.8. The van der Waals surface area contributed by atoms with E-state index in [4.69, 9.17) is 14.5 Å². The molecule has 0 aliphatic carbocycles. The Bertz CT molecular complexity index is 1210. The summed E-state index contributed by atoms with van der Waals surface area (Å²) < 4.78 is 10.7. The molecule has 0 atom stereocenters. The van der Waals surface area contributed by atoms with E-state index >= 15 is 0 Å². The normalized spacial score (nSPS) is 12.8. The Morgan fingerprint density at radius 3 is 2.65 bits per heavy atom. The summed E-state index contributed by atoms with van der Waals surface area (Å²) in [6, 6.07) is 16.3. The summed E-state index contributed by atoms with van der Waals surface area (Å²) in [6.07, 6.45) is 0.901. The number of aromatic nitrogens is 4. The van der Waals surface area contributed by atoms with Crippen LogP contribution in [0.2, 0.25) is 0 Å². The van der Waals surface area contributed by atoms with Crippen LogP contribution in [-0.4, -0.2) is 40.9 Å². The molecular formula is C23H24N6O2. The lowest BCUT2D eigenvalue weighted by Crippen LogP contribution is -2.29. The van der Waals surface area contributed by atoms with Gasteiger partial charge in [-0.25, -0.2) is 0 Å². The molecule has 4 aromatic rings. The van der Waals surface area contributed by atoms with E-state index in [0.29, 0.717) is 29.6 Å². The molecule has 1 aliphatic heterocycles. The van der Waals surface area contributed by atoms with Crippen LogP contribution < -0.4 is 19.7 Å². The SMILES string of the molecule is COc1ccc(CNc2nc3c4c([nH]nc4n2)CCN3Cc2ccccc2)cc1OC. The summed E-state index contributed by atoms with van der Waals surface area (Å²) in [5, 5.41) is 11.9. The topological polar surface area (TPSA) is 88.2 Å². The minimum atomic E-state index is 0.551. The van der Waals surface area contributed by atoms with Gasteiger partial charge in [-0.3, -0.25) is 5.10 Å². The van der Waals surface area contributed by atoms with E-state index < -0.39 is 0 Å². The van der Waals surface area contributed by atoms with E-state index in [1.807, 2.05) is 24.3 Å². The summed E-state index contributed by atoms with van der Waals surface area (Å²) in [5.41, 5.74) is 4.08. The van der Waals surface area contributed by atoms with Crippen LogP contribution in [0.25, 0.3) is 11.0 Å². The average Bonchev–Trinajstić information content (AvgIpc) is 3.24. The number of nitrogens with zero attached hydrogens (tertiary/aromatic N) is 4. The number of benzene rings is 2. The van der Waals surface area contributed by atoms with E-state index in [1.165, 1.54) is 5.56 Å². The summed E-state index contributed by atoms with van der Waals surface area (Å²) in [7, 11) is 3.26. The maximum atomic E-state index is 5.40. The average molecular weight is 416 g/mol. The van der Waals surface area contributed by atoms with Gasteiger partial charge in [0, 0.05) is 26.1 Å². The number of H-pyrrole nitrogens is 1. The molecule has 0 bridgehead atoms. The smallest absolute Gasteiger partial charge is 0.227 e. The van der Waals surface area contributed by atoms with Gasteiger partial charge in [0.05, 0.1) is 25.3 Å². The van der Waals surface area contributed by atoms with Crippen molar-refractivity contribution in [1.29, 1.82) is 0 Å². The third kappa shape index (κ3) is 3.72. The third-order valence-electron chi connectivity index (χ3n) is 5.52. The van der Waals surface area contributed by atoms with Crippen LogP contribution in [0.1, 0.15) is 16.8 Å². The fraction of sp³-hybridized carbons (Fsp3) is 0.261. The second-order valence-corrected chi connectivity index (χ2v) is 7.47. The second kappa shape index (κ2) is 8.14. The maximum Gasteiger partial charge on any atom is 0.227 e. The van der Waals surface area contributed by atoms with Gasteiger partial charge in [-0.1, -0.05) is 36.4 Å². The Morgan fingerprint density at radius 1 is 1.00 bits per heavy atom. The summed E-state index contributed by atoms with van der Waals surface area (Å²) >= 11 is 0. The number of ether oxygens (including phenoxy) is 2. The number of methoxy groups -OCH3 is 2. The number of aromatic amines is 1. The van der Waals surface area contributed by atoms with Gasteiger partial charge in [0.15, 0.2) is 17.1 Å². The quantitative estimate of drug-likeness (QED) is 0.476. The van der Waals surface area contributed by atoms with Gasteiger partial charge in [0.25, 0.3) is 0 Å². The molecule has 2 N–H and O–H groups in total. The first-order chi connectivity index (χ1) is 15.2. The molecule has 31 heavy (non-hydrogen) atoms. The molecule has 8 nitrogen and oxygen atoms in total. The molecule has 3 heterocycles. The number of nitrogens with one attached hydrogen (secondary N) is 2. The molecule has 158 valence electrons. The fourth-order valence-corrected chi connectivity index (χ4v) is 3.94. The first-order valence-electron chi connectivity index (χ1n) is 10.2. The lowest BCUT2D eigenvalue weighted by molar-refractivity contribution is 0.354. The predicted octanol–water partition coefficient (Wildman–Crippen LogP) is 3.54. The molecule has 2 aromatic heterocycles. The molecule has 0 saturated carbocycles. The molecule has 5 rings (SSSR count). The zero-order valence-corrected chi connectivity index (χ0v) is 17.6. The molecule has 8 heteroatoms. The summed E-state index contributed by atoms with van der Waals surface area (Å²) in [6.45, 7) is 2.24. The Morgan fingerprint density at radius 2 is 1.84 bits per heavy atom.